The van der Waals surface area contributed by atoms with E-state index >= 15 is 0 Å². The molecular formula is C24H35N5O3. The van der Waals surface area contributed by atoms with E-state index in [0.717, 1.165) is 32.6 Å². The number of methoxy groups -OCH3 is 1. The van der Waals surface area contributed by atoms with Gasteiger partial charge in [0.25, 0.3) is 5.91 Å². The molecule has 1 aliphatic heterocycles. The molecule has 1 aliphatic rings. The predicted octanol–water partition coefficient (Wildman–Crippen LogP) is 2.40. The third-order valence-corrected chi connectivity index (χ3v) is 5.89. The number of amides is 2. The van der Waals surface area contributed by atoms with Gasteiger partial charge in [-0.05, 0) is 43.5 Å². The minimum Gasteiger partial charge on any atom is -0.497 e. The van der Waals surface area contributed by atoms with Gasteiger partial charge < -0.3 is 15.0 Å². The molecule has 1 N–H and O–H groups in total. The molecule has 0 saturated carbocycles. The number of rotatable bonds is 8. The van der Waals surface area contributed by atoms with Gasteiger partial charge in [0.15, 0.2) is 0 Å². The Morgan fingerprint density at radius 1 is 1.12 bits per heavy atom. The molecule has 2 amide bonds. The number of nitrogens with one attached hydrogen (secondary N) is 1. The lowest BCUT2D eigenvalue weighted by molar-refractivity contribution is -0.134. The molecular weight excluding hydrogens is 406 g/mol. The normalized spacial score (nSPS) is 16.0. The fourth-order valence-electron chi connectivity index (χ4n) is 3.95. The van der Waals surface area contributed by atoms with E-state index in [2.05, 4.69) is 28.4 Å². The molecule has 0 radical (unpaired) electrons. The molecule has 1 unspecified atom stereocenters. The molecule has 2 aromatic rings. The highest BCUT2D eigenvalue weighted by atomic mass is 16.5. The van der Waals surface area contributed by atoms with Crippen molar-refractivity contribution in [2.24, 2.45) is 5.92 Å². The number of aromatic nitrogens is 2. The molecule has 3 rings (SSSR count). The SMILES string of the molecule is CCn1cc(CN2CCCN(C(=O)C(NC(=O)c3ccc(OC)cc3)C(C)C)CC2)cn1. The molecule has 0 spiro atoms. The van der Waals surface area contributed by atoms with Gasteiger partial charge in [0.2, 0.25) is 5.91 Å². The smallest absolute Gasteiger partial charge is 0.251 e. The molecule has 2 heterocycles. The molecule has 1 aromatic heterocycles. The average molecular weight is 442 g/mol. The van der Waals surface area contributed by atoms with Crippen LogP contribution in [0.15, 0.2) is 36.7 Å². The Morgan fingerprint density at radius 2 is 1.88 bits per heavy atom. The second kappa shape index (κ2) is 11.1. The first-order valence-corrected chi connectivity index (χ1v) is 11.4. The highest BCUT2D eigenvalue weighted by Gasteiger charge is 2.30. The van der Waals surface area contributed by atoms with Gasteiger partial charge in [0.1, 0.15) is 11.8 Å². The summed E-state index contributed by atoms with van der Waals surface area (Å²) >= 11 is 0. The Kier molecular flexibility index (Phi) is 8.27. The van der Waals surface area contributed by atoms with E-state index in [1.54, 1.807) is 31.4 Å². The van der Waals surface area contributed by atoms with E-state index in [-0.39, 0.29) is 17.7 Å². The van der Waals surface area contributed by atoms with Crippen molar-refractivity contribution in [3.05, 3.63) is 47.8 Å². The van der Waals surface area contributed by atoms with Crippen molar-refractivity contribution in [1.82, 2.24) is 24.9 Å². The van der Waals surface area contributed by atoms with Crippen molar-refractivity contribution in [2.45, 2.75) is 46.3 Å². The van der Waals surface area contributed by atoms with Crippen LogP contribution in [0.2, 0.25) is 0 Å². The van der Waals surface area contributed by atoms with Crippen molar-refractivity contribution in [1.29, 1.82) is 0 Å². The Labute approximate surface area is 190 Å². The Hall–Kier alpha value is -2.87. The van der Waals surface area contributed by atoms with E-state index in [1.807, 2.05) is 29.6 Å². The maximum absolute atomic E-state index is 13.3. The van der Waals surface area contributed by atoms with Crippen LogP contribution < -0.4 is 10.1 Å². The Morgan fingerprint density at radius 3 is 2.50 bits per heavy atom. The maximum atomic E-state index is 13.3. The quantitative estimate of drug-likeness (QED) is 0.681. The summed E-state index contributed by atoms with van der Waals surface area (Å²) in [6, 6.07) is 6.35. The van der Waals surface area contributed by atoms with Crippen molar-refractivity contribution in [2.75, 3.05) is 33.3 Å². The van der Waals surface area contributed by atoms with Gasteiger partial charge in [0, 0.05) is 56.6 Å². The van der Waals surface area contributed by atoms with Gasteiger partial charge in [-0.2, -0.15) is 5.10 Å². The van der Waals surface area contributed by atoms with Gasteiger partial charge >= 0.3 is 0 Å². The minimum absolute atomic E-state index is 0.0102. The third kappa shape index (κ3) is 6.09. The van der Waals surface area contributed by atoms with Crippen molar-refractivity contribution in [3.8, 4) is 5.75 Å². The molecule has 1 fully saturated rings. The number of hydrogen-bond acceptors (Lipinski definition) is 5. The summed E-state index contributed by atoms with van der Waals surface area (Å²) < 4.78 is 7.08. The van der Waals surface area contributed by atoms with Crippen LogP contribution in [0.25, 0.3) is 0 Å². The number of hydrogen-bond donors (Lipinski definition) is 1. The number of ether oxygens (including phenoxy) is 1. The van der Waals surface area contributed by atoms with Crippen LogP contribution in [-0.4, -0.2) is 70.7 Å². The molecule has 8 nitrogen and oxygen atoms in total. The lowest BCUT2D eigenvalue weighted by Gasteiger charge is -2.29. The molecule has 1 aromatic carbocycles. The highest BCUT2D eigenvalue weighted by molar-refractivity contribution is 5.97. The fraction of sp³-hybridized carbons (Fsp3) is 0.542. The van der Waals surface area contributed by atoms with E-state index in [4.69, 9.17) is 4.74 Å². The second-order valence-corrected chi connectivity index (χ2v) is 8.58. The number of nitrogens with zero attached hydrogens (tertiary/aromatic N) is 4. The lowest BCUT2D eigenvalue weighted by atomic mass is 10.0. The van der Waals surface area contributed by atoms with Crippen molar-refractivity contribution >= 4 is 11.8 Å². The molecule has 1 saturated heterocycles. The zero-order valence-electron chi connectivity index (χ0n) is 19.6. The number of carbonyl (C=O) groups is 2. The summed E-state index contributed by atoms with van der Waals surface area (Å²) in [5.41, 5.74) is 1.71. The number of benzene rings is 1. The topological polar surface area (TPSA) is 79.7 Å². The van der Waals surface area contributed by atoms with Gasteiger partial charge in [-0.25, -0.2) is 0 Å². The first kappa shape index (κ1) is 23.8. The van der Waals surface area contributed by atoms with Crippen molar-refractivity contribution in [3.63, 3.8) is 0 Å². The first-order chi connectivity index (χ1) is 15.4. The number of carbonyl (C=O) groups excluding carboxylic acids is 2. The second-order valence-electron chi connectivity index (χ2n) is 8.58. The van der Waals surface area contributed by atoms with Crippen LogP contribution in [0.3, 0.4) is 0 Å². The first-order valence-electron chi connectivity index (χ1n) is 11.4. The van der Waals surface area contributed by atoms with Crippen LogP contribution in [0.1, 0.15) is 43.1 Å². The molecule has 1 atom stereocenters. The predicted molar refractivity (Wildman–Crippen MR) is 123 cm³/mol. The van der Waals surface area contributed by atoms with Gasteiger partial charge in [-0.15, -0.1) is 0 Å². The number of aryl methyl sites for hydroxylation is 1. The van der Waals surface area contributed by atoms with E-state index in [0.29, 0.717) is 24.4 Å². The molecule has 32 heavy (non-hydrogen) atoms. The summed E-state index contributed by atoms with van der Waals surface area (Å²) in [6.07, 6.45) is 4.91. The van der Waals surface area contributed by atoms with Crippen LogP contribution in [0.4, 0.5) is 0 Å². The van der Waals surface area contributed by atoms with Crippen LogP contribution >= 0.6 is 0 Å². The van der Waals surface area contributed by atoms with Crippen LogP contribution in [-0.2, 0) is 17.9 Å². The zero-order valence-corrected chi connectivity index (χ0v) is 19.6. The molecule has 0 bridgehead atoms. The summed E-state index contributed by atoms with van der Waals surface area (Å²) in [5.74, 6) is 0.421. The van der Waals surface area contributed by atoms with Crippen molar-refractivity contribution < 1.29 is 14.3 Å². The van der Waals surface area contributed by atoms with E-state index < -0.39 is 6.04 Å². The summed E-state index contributed by atoms with van der Waals surface area (Å²) in [4.78, 5) is 30.3. The summed E-state index contributed by atoms with van der Waals surface area (Å²) in [6.45, 7) is 10.8. The van der Waals surface area contributed by atoms with E-state index in [9.17, 15) is 9.59 Å². The summed E-state index contributed by atoms with van der Waals surface area (Å²) in [5, 5.41) is 7.30. The van der Waals surface area contributed by atoms with E-state index in [1.165, 1.54) is 5.56 Å². The van der Waals surface area contributed by atoms with Gasteiger partial charge in [0.05, 0.1) is 13.3 Å². The molecule has 8 heteroatoms. The zero-order chi connectivity index (χ0) is 23.1. The minimum atomic E-state index is -0.557. The fourth-order valence-corrected chi connectivity index (χ4v) is 3.95. The van der Waals surface area contributed by atoms with Gasteiger partial charge in [-0.1, -0.05) is 13.8 Å². The molecule has 0 aliphatic carbocycles. The highest BCUT2D eigenvalue weighted by Crippen LogP contribution is 2.15. The van der Waals surface area contributed by atoms with Crippen LogP contribution in [0, 0.1) is 5.92 Å². The monoisotopic (exact) mass is 441 g/mol. The Bertz CT molecular complexity index is 893. The maximum Gasteiger partial charge on any atom is 0.251 e. The summed E-state index contributed by atoms with van der Waals surface area (Å²) in [7, 11) is 1.59. The largest absolute Gasteiger partial charge is 0.497 e. The lowest BCUT2D eigenvalue weighted by Crippen LogP contribution is -2.52. The standard InChI is InChI=1S/C24H35N5O3/c1-5-29-17-19(15-25-29)16-27-11-6-12-28(14-13-27)24(31)22(18(2)3)26-23(30)20-7-9-21(32-4)10-8-20/h7-10,15,17-18,22H,5-6,11-14,16H2,1-4H3,(H,26,30). The van der Waals surface area contributed by atoms with Crippen LogP contribution in [0.5, 0.6) is 5.75 Å². The van der Waals surface area contributed by atoms with Gasteiger partial charge in [-0.3, -0.25) is 19.2 Å². The molecule has 174 valence electrons. The Balaban J connectivity index is 1.59. The average Bonchev–Trinajstić information content (AvgIpc) is 3.13. The third-order valence-electron chi connectivity index (χ3n) is 5.89.